The van der Waals surface area contributed by atoms with Gasteiger partial charge in [-0.2, -0.15) is 0 Å². The Balaban J connectivity index is 1.36. The van der Waals surface area contributed by atoms with E-state index in [4.69, 9.17) is 16.3 Å². The number of aliphatic hydroxyl groups excluding tert-OH is 1. The maximum absolute atomic E-state index is 10.8. The van der Waals surface area contributed by atoms with Crippen LogP contribution in [-0.2, 0) is 17.6 Å². The molecule has 0 amide bonds. The monoisotopic (exact) mass is 532 g/mol. The van der Waals surface area contributed by atoms with Gasteiger partial charge in [0.2, 0.25) is 0 Å². The Kier molecular flexibility index (Phi) is 7.65. The number of fused-ring (bicyclic) bond motifs is 2. The molecule has 1 fully saturated rings. The molecular weight excluding hydrogens is 496 g/mol. The first-order valence-electron chi connectivity index (χ1n) is 13.5. The van der Waals surface area contributed by atoms with Crippen LogP contribution < -0.4 is 4.74 Å². The third kappa shape index (κ3) is 5.39. The third-order valence-electron chi connectivity index (χ3n) is 8.28. The molecule has 1 aromatic heterocycles. The van der Waals surface area contributed by atoms with E-state index in [0.717, 1.165) is 77.6 Å². The van der Waals surface area contributed by atoms with Gasteiger partial charge >= 0.3 is 0 Å². The number of aromatic nitrogens is 1. The Morgan fingerprint density at radius 3 is 2.53 bits per heavy atom. The van der Waals surface area contributed by atoms with Gasteiger partial charge in [-0.1, -0.05) is 41.9 Å². The first-order valence-corrected chi connectivity index (χ1v) is 13.9. The number of likely N-dealkylation sites (tertiary alicyclic amines) is 1. The number of nitrogens with zero attached hydrogens (tertiary/aromatic N) is 2. The molecule has 5 rings (SSSR count). The standard InChI is InChI=1S/C32H37ClN2O3/c1-22(36)32(23-8-11-25(33)12-9-23)14-18-35(19-15-32)17-5-7-26-27-6-4-16-34-29(27)21-38-30-13-10-24(20-28(26)30)31(2,3)37/h4,6-13,16,20,22,36-37H,5,14-15,17-19,21H2,1-3H3. The van der Waals surface area contributed by atoms with E-state index in [-0.39, 0.29) is 5.41 Å². The molecule has 3 heterocycles. The summed E-state index contributed by atoms with van der Waals surface area (Å²) in [4.78, 5) is 7.08. The molecule has 0 spiro atoms. The zero-order valence-corrected chi connectivity index (χ0v) is 23.2. The van der Waals surface area contributed by atoms with Crippen molar-refractivity contribution >= 4 is 17.2 Å². The van der Waals surface area contributed by atoms with Crippen LogP contribution in [0.4, 0.5) is 0 Å². The van der Waals surface area contributed by atoms with Crippen molar-refractivity contribution in [2.24, 2.45) is 0 Å². The highest BCUT2D eigenvalue weighted by Crippen LogP contribution is 2.40. The molecule has 0 bridgehead atoms. The molecule has 1 saturated heterocycles. The zero-order chi connectivity index (χ0) is 26.9. The second-order valence-electron chi connectivity index (χ2n) is 11.1. The fourth-order valence-electron chi connectivity index (χ4n) is 5.85. The van der Waals surface area contributed by atoms with Gasteiger partial charge in [0.15, 0.2) is 0 Å². The Morgan fingerprint density at radius 2 is 1.84 bits per heavy atom. The van der Waals surface area contributed by atoms with E-state index >= 15 is 0 Å². The van der Waals surface area contributed by atoms with Crippen molar-refractivity contribution in [3.63, 3.8) is 0 Å². The summed E-state index contributed by atoms with van der Waals surface area (Å²) in [6.45, 7) is 8.72. The van der Waals surface area contributed by atoms with Crippen LogP contribution in [0, 0.1) is 0 Å². The van der Waals surface area contributed by atoms with Crippen molar-refractivity contribution in [3.8, 4) is 5.75 Å². The lowest BCUT2D eigenvalue weighted by Gasteiger charge is -2.44. The molecule has 1 unspecified atom stereocenters. The number of rotatable bonds is 6. The number of ether oxygens (including phenoxy) is 1. The molecule has 3 aromatic rings. The van der Waals surface area contributed by atoms with Gasteiger partial charge in [-0.25, -0.2) is 0 Å². The predicted octanol–water partition coefficient (Wildman–Crippen LogP) is 6.09. The minimum atomic E-state index is -0.946. The molecule has 6 heteroatoms. The molecule has 2 aliphatic rings. The maximum Gasteiger partial charge on any atom is 0.131 e. The van der Waals surface area contributed by atoms with Gasteiger partial charge in [-0.15, -0.1) is 0 Å². The lowest BCUT2D eigenvalue weighted by atomic mass is 9.69. The second kappa shape index (κ2) is 10.8. The van der Waals surface area contributed by atoms with Crippen LogP contribution in [0.1, 0.15) is 68.0 Å². The highest BCUT2D eigenvalue weighted by molar-refractivity contribution is 6.30. The fraction of sp³-hybridized carbons (Fsp3) is 0.406. The van der Waals surface area contributed by atoms with E-state index in [1.165, 1.54) is 5.56 Å². The summed E-state index contributed by atoms with van der Waals surface area (Å²) < 4.78 is 6.14. The minimum Gasteiger partial charge on any atom is -0.487 e. The highest BCUT2D eigenvalue weighted by Gasteiger charge is 2.40. The van der Waals surface area contributed by atoms with Crippen LogP contribution in [0.25, 0.3) is 5.57 Å². The van der Waals surface area contributed by atoms with Crippen molar-refractivity contribution in [1.29, 1.82) is 0 Å². The summed E-state index contributed by atoms with van der Waals surface area (Å²) in [5.41, 5.74) is 4.92. The summed E-state index contributed by atoms with van der Waals surface area (Å²) in [6, 6.07) is 18.0. The highest BCUT2D eigenvalue weighted by atomic mass is 35.5. The maximum atomic E-state index is 10.8. The molecule has 2 aromatic carbocycles. The van der Waals surface area contributed by atoms with Crippen LogP contribution in [0.5, 0.6) is 5.75 Å². The number of hydrogen-bond donors (Lipinski definition) is 2. The van der Waals surface area contributed by atoms with E-state index in [2.05, 4.69) is 34.2 Å². The molecule has 0 radical (unpaired) electrons. The quantitative estimate of drug-likeness (QED) is 0.402. The van der Waals surface area contributed by atoms with Gasteiger partial charge in [-0.3, -0.25) is 4.98 Å². The van der Waals surface area contributed by atoms with E-state index < -0.39 is 11.7 Å². The number of piperidine rings is 1. The Labute approximate surface area is 230 Å². The second-order valence-corrected chi connectivity index (χ2v) is 11.6. The van der Waals surface area contributed by atoms with Crippen molar-refractivity contribution in [3.05, 3.63) is 99.8 Å². The van der Waals surface area contributed by atoms with Gasteiger partial charge in [0.05, 0.1) is 17.4 Å². The Hall–Kier alpha value is -2.70. The van der Waals surface area contributed by atoms with Crippen molar-refractivity contribution in [1.82, 2.24) is 9.88 Å². The van der Waals surface area contributed by atoms with Crippen LogP contribution in [0.3, 0.4) is 0 Å². The van der Waals surface area contributed by atoms with Crippen molar-refractivity contribution < 1.29 is 14.9 Å². The Bertz CT molecular complexity index is 1300. The van der Waals surface area contributed by atoms with E-state index in [1.54, 1.807) is 20.0 Å². The summed E-state index contributed by atoms with van der Waals surface area (Å²) in [6.07, 6.45) is 6.35. The van der Waals surface area contributed by atoms with E-state index in [1.807, 2.05) is 43.3 Å². The van der Waals surface area contributed by atoms with E-state index in [9.17, 15) is 10.2 Å². The summed E-state index contributed by atoms with van der Waals surface area (Å²) in [5.74, 6) is 0.810. The van der Waals surface area contributed by atoms with E-state index in [0.29, 0.717) is 6.61 Å². The van der Waals surface area contributed by atoms with Gasteiger partial charge in [0, 0.05) is 34.3 Å². The normalized spacial score (nSPS) is 19.3. The lowest BCUT2D eigenvalue weighted by Crippen LogP contribution is -2.48. The van der Waals surface area contributed by atoms with Crippen molar-refractivity contribution in [2.45, 2.75) is 63.8 Å². The molecule has 2 N–H and O–H groups in total. The van der Waals surface area contributed by atoms with Crippen molar-refractivity contribution in [2.75, 3.05) is 19.6 Å². The van der Waals surface area contributed by atoms with Gasteiger partial charge in [0.1, 0.15) is 12.4 Å². The minimum absolute atomic E-state index is 0.241. The molecule has 0 saturated carbocycles. The molecule has 1 atom stereocenters. The van der Waals surface area contributed by atoms with Gasteiger partial charge in [-0.05, 0) is 100 Å². The molecule has 0 aliphatic carbocycles. The topological polar surface area (TPSA) is 65.8 Å². The lowest BCUT2D eigenvalue weighted by molar-refractivity contribution is 0.0423. The first kappa shape index (κ1) is 26.9. The van der Waals surface area contributed by atoms with Crippen LogP contribution in [-0.4, -0.2) is 45.8 Å². The van der Waals surface area contributed by atoms with Crippen LogP contribution in [0.2, 0.25) is 5.02 Å². The fourth-order valence-corrected chi connectivity index (χ4v) is 5.98. The zero-order valence-electron chi connectivity index (χ0n) is 22.5. The number of hydrogen-bond acceptors (Lipinski definition) is 5. The first-order chi connectivity index (χ1) is 18.2. The SMILES string of the molecule is CC(O)C1(c2ccc(Cl)cc2)CCN(CCC=C2c3cc(C(C)(C)O)ccc3OCc3ncccc32)CC1. The molecular formula is C32H37ClN2O3. The van der Waals surface area contributed by atoms with Crippen LogP contribution in [0.15, 0.2) is 66.9 Å². The molecule has 5 nitrogen and oxygen atoms in total. The number of aliphatic hydroxyl groups is 2. The molecule has 200 valence electrons. The largest absolute Gasteiger partial charge is 0.487 e. The molecule has 38 heavy (non-hydrogen) atoms. The molecule has 2 aliphatic heterocycles. The summed E-state index contributed by atoms with van der Waals surface area (Å²) >= 11 is 6.12. The van der Waals surface area contributed by atoms with Gasteiger partial charge in [0.25, 0.3) is 0 Å². The number of benzene rings is 2. The van der Waals surface area contributed by atoms with Crippen LogP contribution >= 0.6 is 11.6 Å². The number of halogens is 1. The average molecular weight is 533 g/mol. The number of pyridine rings is 1. The van der Waals surface area contributed by atoms with Gasteiger partial charge < -0.3 is 19.8 Å². The third-order valence-corrected chi connectivity index (χ3v) is 8.53. The Morgan fingerprint density at radius 1 is 1.11 bits per heavy atom. The average Bonchev–Trinajstić information content (AvgIpc) is 3.06. The summed E-state index contributed by atoms with van der Waals surface area (Å²) in [7, 11) is 0. The summed E-state index contributed by atoms with van der Waals surface area (Å²) in [5, 5.41) is 22.2. The smallest absolute Gasteiger partial charge is 0.131 e. The predicted molar refractivity (Wildman–Crippen MR) is 152 cm³/mol.